The minimum atomic E-state index is -4.77. The summed E-state index contributed by atoms with van der Waals surface area (Å²) in [6.45, 7) is 4.52. The van der Waals surface area contributed by atoms with Gasteiger partial charge < -0.3 is 19.3 Å². The Labute approximate surface area is 235 Å². The molecule has 0 saturated carbocycles. The van der Waals surface area contributed by atoms with E-state index >= 15 is 0 Å². The molecule has 0 aliphatic carbocycles. The van der Waals surface area contributed by atoms with Crippen LogP contribution < -0.4 is 9.47 Å². The van der Waals surface area contributed by atoms with Crippen molar-refractivity contribution in [2.45, 2.75) is 49.5 Å². The van der Waals surface area contributed by atoms with Crippen molar-refractivity contribution in [1.82, 2.24) is 4.31 Å². The zero-order valence-electron chi connectivity index (χ0n) is 22.2. The number of rotatable bonds is 7. The van der Waals surface area contributed by atoms with Gasteiger partial charge in [-0.15, -0.1) is 0 Å². The molecule has 0 aromatic heterocycles. The predicted molar refractivity (Wildman–Crippen MR) is 142 cm³/mol. The summed E-state index contributed by atoms with van der Waals surface area (Å²) in [5.74, 6) is -7.05. The lowest BCUT2D eigenvalue weighted by Gasteiger charge is -2.28. The van der Waals surface area contributed by atoms with Crippen LogP contribution in [0.1, 0.15) is 48.7 Å². The number of hydrogen-bond donors (Lipinski definition) is 1. The molecule has 41 heavy (non-hydrogen) atoms. The predicted octanol–water partition coefficient (Wildman–Crippen LogP) is 3.26. The number of carbonyl (C=O) groups excluding carboxylic acids is 3. The summed E-state index contributed by atoms with van der Waals surface area (Å²) in [5.41, 5.74) is -0.206. The molecule has 212 valence electrons. The van der Waals surface area contributed by atoms with E-state index in [0.29, 0.717) is 11.1 Å². The minimum absolute atomic E-state index is 0.00591. The van der Waals surface area contributed by atoms with Crippen LogP contribution in [0.25, 0.3) is 0 Å². The summed E-state index contributed by atoms with van der Waals surface area (Å²) < 4.78 is 44.7. The Bertz CT molecular complexity index is 1640. The second-order valence-corrected chi connectivity index (χ2v) is 12.2. The highest BCUT2D eigenvalue weighted by molar-refractivity contribution is 7.90. The van der Waals surface area contributed by atoms with Gasteiger partial charge in [0.1, 0.15) is 10.5 Å². The molecule has 0 radical (unpaired) electrons. The van der Waals surface area contributed by atoms with Crippen LogP contribution in [0.15, 0.2) is 77.7 Å². The number of carbonyl (C=O) groups is 4. The van der Waals surface area contributed by atoms with Crippen molar-refractivity contribution in [3.05, 3.63) is 89.5 Å². The van der Waals surface area contributed by atoms with Gasteiger partial charge in [-0.1, -0.05) is 60.7 Å². The van der Waals surface area contributed by atoms with Crippen LogP contribution in [0.2, 0.25) is 0 Å². The van der Waals surface area contributed by atoms with Gasteiger partial charge in [-0.25, -0.2) is 22.3 Å². The highest BCUT2D eigenvalue weighted by Crippen LogP contribution is 2.50. The van der Waals surface area contributed by atoms with E-state index in [2.05, 4.69) is 0 Å². The van der Waals surface area contributed by atoms with E-state index in [-0.39, 0.29) is 21.4 Å². The molecule has 2 heterocycles. The average molecular weight is 580 g/mol. The first kappa shape index (κ1) is 27.8. The lowest BCUT2D eigenvalue weighted by atomic mass is 9.97. The fraction of sp³-hybridized carbons (Fsp3) is 0.241. The first-order valence-electron chi connectivity index (χ1n) is 12.5. The van der Waals surface area contributed by atoms with Crippen molar-refractivity contribution in [3.8, 4) is 11.5 Å². The van der Waals surface area contributed by atoms with E-state index in [0.717, 1.165) is 6.07 Å². The van der Waals surface area contributed by atoms with Gasteiger partial charge in [-0.05, 0) is 26.8 Å². The molecule has 0 fully saturated rings. The monoisotopic (exact) mass is 579 g/mol. The maximum absolute atomic E-state index is 13.5. The molecule has 12 heteroatoms. The molecule has 1 N–H and O–H groups in total. The van der Waals surface area contributed by atoms with Gasteiger partial charge in [0.05, 0.1) is 12.0 Å². The van der Waals surface area contributed by atoms with E-state index in [4.69, 9.17) is 14.2 Å². The van der Waals surface area contributed by atoms with Crippen molar-refractivity contribution in [1.29, 1.82) is 0 Å². The molecule has 0 unspecified atom stereocenters. The zero-order chi connectivity index (χ0) is 29.7. The van der Waals surface area contributed by atoms with E-state index in [1.807, 2.05) is 12.1 Å². The Kier molecular flexibility index (Phi) is 6.61. The summed E-state index contributed by atoms with van der Waals surface area (Å²) in [6.07, 6.45) is -1.11. The third kappa shape index (κ3) is 4.80. The van der Waals surface area contributed by atoms with Crippen molar-refractivity contribution < 1.29 is 46.9 Å². The van der Waals surface area contributed by atoms with E-state index < -0.39 is 62.4 Å². The van der Waals surface area contributed by atoms with Crippen molar-refractivity contribution >= 4 is 33.7 Å². The minimum Gasteiger partial charge on any atom is -0.480 e. The number of nitrogens with zero attached hydrogens (tertiary/aromatic N) is 1. The van der Waals surface area contributed by atoms with E-state index in [1.54, 1.807) is 48.5 Å². The summed E-state index contributed by atoms with van der Waals surface area (Å²) in [5, 5.41) is 9.80. The number of Topliss-reactive ketones (excluding diaryl/α,β-unsaturated/α-hetero) is 1. The standard InChI is InChI=1S/C29H25NO10S/c1-28(2,3)40-27(35)21(31)15-20(26(33)34)30-25(32)19-14-22-23(16-24(19)41(30,36)37)39-29(38-22,17-10-6-4-7-11-17)18-12-8-5-9-13-18/h4-14,16,20H,15H2,1-3H3,(H,33,34)/t20-/m0/s1. The van der Waals surface area contributed by atoms with Gasteiger partial charge in [0.15, 0.2) is 17.5 Å². The van der Waals surface area contributed by atoms with Gasteiger partial charge in [0.25, 0.3) is 15.9 Å². The third-order valence-corrected chi connectivity index (χ3v) is 8.23. The number of hydrogen-bond acceptors (Lipinski definition) is 9. The molecule has 1 amide bonds. The van der Waals surface area contributed by atoms with Crippen molar-refractivity contribution in [2.75, 3.05) is 0 Å². The number of ketones is 1. The zero-order valence-corrected chi connectivity index (χ0v) is 23.0. The Hall–Kier alpha value is -4.71. The summed E-state index contributed by atoms with van der Waals surface area (Å²) in [7, 11) is -4.77. The number of benzene rings is 3. The van der Waals surface area contributed by atoms with Gasteiger partial charge in [-0.2, -0.15) is 0 Å². The van der Waals surface area contributed by atoms with Crippen LogP contribution in [0.5, 0.6) is 11.5 Å². The largest absolute Gasteiger partial charge is 0.480 e. The SMILES string of the molecule is CC(C)(C)OC(=O)C(=O)C[C@@H](C(=O)O)N1C(=O)c2cc3c(cc2S1(=O)=O)OC(c1ccccc1)(c1ccccc1)O3. The van der Waals surface area contributed by atoms with Gasteiger partial charge in [0, 0.05) is 17.2 Å². The molecular formula is C29H25NO10S. The van der Waals surface area contributed by atoms with Crippen LogP contribution in [0, 0.1) is 0 Å². The van der Waals surface area contributed by atoms with Crippen LogP contribution in [-0.4, -0.2) is 53.1 Å². The normalized spacial score (nSPS) is 17.0. The fourth-order valence-electron chi connectivity index (χ4n) is 4.64. The second kappa shape index (κ2) is 9.73. The molecule has 5 rings (SSSR count). The Morgan fingerprint density at radius 3 is 1.93 bits per heavy atom. The molecule has 0 saturated heterocycles. The molecule has 0 bridgehead atoms. The van der Waals surface area contributed by atoms with Crippen LogP contribution in [0.3, 0.4) is 0 Å². The fourth-order valence-corrected chi connectivity index (χ4v) is 6.35. The Morgan fingerprint density at radius 1 is 0.927 bits per heavy atom. The summed E-state index contributed by atoms with van der Waals surface area (Å²) in [6, 6.07) is 17.9. The molecule has 11 nitrogen and oxygen atoms in total. The first-order valence-corrected chi connectivity index (χ1v) is 13.9. The lowest BCUT2D eigenvalue weighted by Crippen LogP contribution is -2.47. The lowest BCUT2D eigenvalue weighted by molar-refractivity contribution is -0.163. The molecular weight excluding hydrogens is 554 g/mol. The number of amides is 1. The van der Waals surface area contributed by atoms with E-state index in [1.165, 1.54) is 26.8 Å². The van der Waals surface area contributed by atoms with Gasteiger partial charge >= 0.3 is 17.7 Å². The summed E-state index contributed by atoms with van der Waals surface area (Å²) >= 11 is 0. The van der Waals surface area contributed by atoms with Gasteiger partial charge in [0.2, 0.25) is 5.78 Å². The van der Waals surface area contributed by atoms with Crippen LogP contribution >= 0.6 is 0 Å². The maximum Gasteiger partial charge on any atom is 0.375 e. The molecule has 1 atom stereocenters. The second-order valence-electron chi connectivity index (χ2n) is 10.4. The summed E-state index contributed by atoms with van der Waals surface area (Å²) in [4.78, 5) is 49.6. The Morgan fingerprint density at radius 2 is 1.44 bits per heavy atom. The quantitative estimate of drug-likeness (QED) is 0.326. The van der Waals surface area contributed by atoms with Crippen LogP contribution in [-0.2, 0) is 34.9 Å². The smallest absolute Gasteiger partial charge is 0.375 e. The molecule has 2 aliphatic heterocycles. The van der Waals surface area contributed by atoms with Gasteiger partial charge in [-0.3, -0.25) is 9.59 Å². The topological polar surface area (TPSA) is 154 Å². The average Bonchev–Trinajstić information content (AvgIpc) is 3.39. The van der Waals surface area contributed by atoms with Crippen molar-refractivity contribution in [2.24, 2.45) is 0 Å². The molecule has 3 aromatic carbocycles. The number of sulfonamides is 1. The van der Waals surface area contributed by atoms with Crippen LogP contribution in [0.4, 0.5) is 0 Å². The Balaban J connectivity index is 1.51. The molecule has 2 aliphatic rings. The number of ether oxygens (including phenoxy) is 3. The van der Waals surface area contributed by atoms with Crippen molar-refractivity contribution in [3.63, 3.8) is 0 Å². The molecule has 3 aromatic rings. The maximum atomic E-state index is 13.5. The first-order chi connectivity index (χ1) is 19.2. The number of aliphatic carboxylic acids is 1. The number of fused-ring (bicyclic) bond motifs is 2. The molecule has 0 spiro atoms. The van der Waals surface area contributed by atoms with E-state index in [9.17, 15) is 32.7 Å². The number of carboxylic acid groups (broad SMARTS) is 1. The highest BCUT2D eigenvalue weighted by atomic mass is 32.2. The number of esters is 1. The third-order valence-electron chi connectivity index (χ3n) is 6.40. The number of carboxylic acids is 1. The highest BCUT2D eigenvalue weighted by Gasteiger charge is 2.52.